The Morgan fingerprint density at radius 1 is 0.667 bits per heavy atom. The first-order chi connectivity index (χ1) is 14.8. The van der Waals surface area contributed by atoms with Crippen LogP contribution in [0.1, 0.15) is 16.7 Å². The standard InChI is InChI=1S/C26H31NO3/c1-28-20-25(17-22-13-15-26(16-14-22)30-21-29-2)27(18-23-9-5-3-6-10-23)19-24-11-7-4-8-12-24/h3-16,25H,17-21H2,1-2H3. The van der Waals surface area contributed by atoms with Crippen LogP contribution in [0.3, 0.4) is 0 Å². The Hall–Kier alpha value is -2.66. The zero-order chi connectivity index (χ0) is 21.0. The van der Waals surface area contributed by atoms with E-state index in [1.165, 1.54) is 16.7 Å². The highest BCUT2D eigenvalue weighted by atomic mass is 16.7. The Morgan fingerprint density at radius 2 is 1.23 bits per heavy atom. The third-order valence-corrected chi connectivity index (χ3v) is 5.07. The second kappa shape index (κ2) is 12.1. The molecule has 0 fully saturated rings. The van der Waals surface area contributed by atoms with Crippen molar-refractivity contribution in [1.29, 1.82) is 0 Å². The van der Waals surface area contributed by atoms with Crippen molar-refractivity contribution in [2.75, 3.05) is 27.6 Å². The van der Waals surface area contributed by atoms with Crippen molar-refractivity contribution in [1.82, 2.24) is 4.90 Å². The minimum absolute atomic E-state index is 0.251. The Balaban J connectivity index is 1.77. The van der Waals surface area contributed by atoms with Gasteiger partial charge in [0.15, 0.2) is 6.79 Å². The van der Waals surface area contributed by atoms with Gasteiger partial charge in [-0.25, -0.2) is 0 Å². The molecule has 158 valence electrons. The van der Waals surface area contributed by atoms with E-state index in [-0.39, 0.29) is 12.8 Å². The molecule has 0 bridgehead atoms. The van der Waals surface area contributed by atoms with Gasteiger partial charge in [0.2, 0.25) is 0 Å². The van der Waals surface area contributed by atoms with Crippen molar-refractivity contribution in [3.63, 3.8) is 0 Å². The predicted molar refractivity (Wildman–Crippen MR) is 120 cm³/mol. The van der Waals surface area contributed by atoms with E-state index in [1.807, 2.05) is 12.1 Å². The normalized spacial score (nSPS) is 12.1. The molecule has 0 saturated heterocycles. The number of methoxy groups -OCH3 is 2. The lowest BCUT2D eigenvalue weighted by atomic mass is 10.0. The van der Waals surface area contributed by atoms with Gasteiger partial charge in [0.25, 0.3) is 0 Å². The molecule has 1 unspecified atom stereocenters. The Labute approximate surface area is 180 Å². The summed E-state index contributed by atoms with van der Waals surface area (Å²) in [7, 11) is 3.40. The first-order valence-electron chi connectivity index (χ1n) is 10.3. The summed E-state index contributed by atoms with van der Waals surface area (Å²) in [5.41, 5.74) is 3.86. The van der Waals surface area contributed by atoms with Crippen molar-refractivity contribution in [3.05, 3.63) is 102 Å². The monoisotopic (exact) mass is 405 g/mol. The largest absolute Gasteiger partial charge is 0.468 e. The second-order valence-corrected chi connectivity index (χ2v) is 7.38. The first kappa shape index (κ1) is 22.0. The van der Waals surface area contributed by atoms with Crippen LogP contribution in [0, 0.1) is 0 Å². The zero-order valence-corrected chi connectivity index (χ0v) is 17.9. The molecule has 0 aromatic heterocycles. The van der Waals surface area contributed by atoms with Crippen LogP contribution >= 0.6 is 0 Å². The van der Waals surface area contributed by atoms with Gasteiger partial charge in [-0.3, -0.25) is 4.90 Å². The molecule has 0 aliphatic heterocycles. The van der Waals surface area contributed by atoms with E-state index >= 15 is 0 Å². The van der Waals surface area contributed by atoms with E-state index in [4.69, 9.17) is 14.2 Å². The van der Waals surface area contributed by atoms with Crippen molar-refractivity contribution in [3.8, 4) is 5.75 Å². The van der Waals surface area contributed by atoms with Crippen LogP contribution in [0.15, 0.2) is 84.9 Å². The van der Waals surface area contributed by atoms with Crippen LogP contribution in [0.4, 0.5) is 0 Å². The van der Waals surface area contributed by atoms with Gasteiger partial charge in [-0.2, -0.15) is 0 Å². The van der Waals surface area contributed by atoms with Gasteiger partial charge in [0.05, 0.1) is 6.61 Å². The fourth-order valence-corrected chi connectivity index (χ4v) is 3.56. The lowest BCUT2D eigenvalue weighted by molar-refractivity contribution is 0.0511. The molecule has 0 spiro atoms. The fourth-order valence-electron chi connectivity index (χ4n) is 3.56. The molecule has 0 N–H and O–H groups in total. The summed E-state index contributed by atoms with van der Waals surface area (Å²) in [6.07, 6.45) is 0.901. The molecule has 0 radical (unpaired) electrons. The van der Waals surface area contributed by atoms with Crippen molar-refractivity contribution < 1.29 is 14.2 Å². The molecular weight excluding hydrogens is 374 g/mol. The van der Waals surface area contributed by atoms with Crippen LogP contribution in [-0.2, 0) is 29.0 Å². The topological polar surface area (TPSA) is 30.9 Å². The Morgan fingerprint density at radius 3 is 1.73 bits per heavy atom. The summed E-state index contributed by atoms with van der Waals surface area (Å²) in [5.74, 6) is 0.814. The molecule has 4 nitrogen and oxygen atoms in total. The first-order valence-corrected chi connectivity index (χ1v) is 10.3. The molecular formula is C26H31NO3. The highest BCUT2D eigenvalue weighted by molar-refractivity contribution is 5.28. The molecule has 4 heteroatoms. The summed E-state index contributed by atoms with van der Waals surface area (Å²) in [5, 5.41) is 0. The van der Waals surface area contributed by atoms with Crippen LogP contribution in [-0.4, -0.2) is 38.6 Å². The quantitative estimate of drug-likeness (QED) is 0.400. The number of nitrogens with zero attached hydrogens (tertiary/aromatic N) is 1. The molecule has 0 aliphatic carbocycles. The van der Waals surface area contributed by atoms with E-state index in [0.29, 0.717) is 6.61 Å². The van der Waals surface area contributed by atoms with Gasteiger partial charge in [-0.15, -0.1) is 0 Å². The summed E-state index contributed by atoms with van der Waals surface area (Å²) in [4.78, 5) is 2.50. The lowest BCUT2D eigenvalue weighted by Crippen LogP contribution is -2.39. The molecule has 30 heavy (non-hydrogen) atoms. The molecule has 3 aromatic rings. The molecule has 3 aromatic carbocycles. The van der Waals surface area contributed by atoms with Crippen molar-refractivity contribution in [2.45, 2.75) is 25.6 Å². The van der Waals surface area contributed by atoms with Crippen LogP contribution in [0.5, 0.6) is 5.75 Å². The third kappa shape index (κ3) is 6.99. The van der Waals surface area contributed by atoms with Crippen LogP contribution < -0.4 is 4.74 Å². The molecule has 0 heterocycles. The average Bonchev–Trinajstić information content (AvgIpc) is 2.79. The van der Waals surface area contributed by atoms with Crippen LogP contribution in [0.25, 0.3) is 0 Å². The maximum absolute atomic E-state index is 5.63. The average molecular weight is 406 g/mol. The second-order valence-electron chi connectivity index (χ2n) is 7.38. The number of rotatable bonds is 12. The number of hydrogen-bond acceptors (Lipinski definition) is 4. The van der Waals surface area contributed by atoms with Crippen molar-refractivity contribution >= 4 is 0 Å². The van der Waals surface area contributed by atoms with E-state index in [1.54, 1.807) is 14.2 Å². The third-order valence-electron chi connectivity index (χ3n) is 5.07. The summed E-state index contributed by atoms with van der Waals surface area (Å²) >= 11 is 0. The number of hydrogen-bond donors (Lipinski definition) is 0. The van der Waals surface area contributed by atoms with E-state index in [9.17, 15) is 0 Å². The number of ether oxygens (including phenoxy) is 3. The maximum atomic E-state index is 5.63. The molecule has 0 amide bonds. The summed E-state index contributed by atoms with van der Waals surface area (Å²) in [6.45, 7) is 2.67. The molecule has 0 aliphatic rings. The van der Waals surface area contributed by atoms with Gasteiger partial charge in [-0.05, 0) is 35.2 Å². The van der Waals surface area contributed by atoms with E-state index in [0.717, 1.165) is 25.3 Å². The van der Waals surface area contributed by atoms with Gasteiger partial charge in [-0.1, -0.05) is 72.8 Å². The Kier molecular flexibility index (Phi) is 8.91. The van der Waals surface area contributed by atoms with Gasteiger partial charge >= 0.3 is 0 Å². The molecule has 1 atom stereocenters. The maximum Gasteiger partial charge on any atom is 0.188 e. The lowest BCUT2D eigenvalue weighted by Gasteiger charge is -2.32. The molecule has 3 rings (SSSR count). The predicted octanol–water partition coefficient (Wildman–Crippen LogP) is 4.93. The SMILES string of the molecule is COCOc1ccc(CC(COC)N(Cc2ccccc2)Cc2ccccc2)cc1. The van der Waals surface area contributed by atoms with Crippen LogP contribution in [0.2, 0.25) is 0 Å². The fraction of sp³-hybridized carbons (Fsp3) is 0.308. The van der Waals surface area contributed by atoms with Gasteiger partial charge in [0, 0.05) is 33.4 Å². The zero-order valence-electron chi connectivity index (χ0n) is 17.9. The highest BCUT2D eigenvalue weighted by Crippen LogP contribution is 2.19. The number of benzene rings is 3. The van der Waals surface area contributed by atoms with E-state index in [2.05, 4.69) is 77.7 Å². The van der Waals surface area contributed by atoms with E-state index < -0.39 is 0 Å². The summed E-state index contributed by atoms with van der Waals surface area (Å²) < 4.78 is 16.1. The minimum atomic E-state index is 0.251. The minimum Gasteiger partial charge on any atom is -0.468 e. The Bertz CT molecular complexity index is 796. The van der Waals surface area contributed by atoms with Gasteiger partial charge < -0.3 is 14.2 Å². The molecule has 0 saturated carbocycles. The smallest absolute Gasteiger partial charge is 0.188 e. The van der Waals surface area contributed by atoms with Crippen molar-refractivity contribution in [2.24, 2.45) is 0 Å². The van der Waals surface area contributed by atoms with Gasteiger partial charge in [0.1, 0.15) is 5.75 Å². The highest BCUT2D eigenvalue weighted by Gasteiger charge is 2.20. The summed E-state index contributed by atoms with van der Waals surface area (Å²) in [6, 6.07) is 29.7.